The van der Waals surface area contributed by atoms with E-state index in [0.29, 0.717) is 11.4 Å². The van der Waals surface area contributed by atoms with Crippen LogP contribution < -0.4 is 10.0 Å². The van der Waals surface area contributed by atoms with Gasteiger partial charge in [-0.3, -0.25) is 9.52 Å². The third-order valence-electron chi connectivity index (χ3n) is 4.16. The first-order chi connectivity index (χ1) is 10.5. The molecule has 1 fully saturated rings. The molecule has 126 valence electrons. The number of hydrogen-bond acceptors (Lipinski definition) is 3. The van der Waals surface area contributed by atoms with Crippen LogP contribution in [-0.2, 0) is 14.8 Å². The van der Waals surface area contributed by atoms with E-state index in [0.717, 1.165) is 6.26 Å². The molecule has 0 radical (unpaired) electrons. The maximum Gasteiger partial charge on any atom is 0.229 e. The number of benzene rings is 1. The van der Waals surface area contributed by atoms with E-state index < -0.39 is 10.0 Å². The van der Waals surface area contributed by atoms with E-state index in [9.17, 15) is 13.2 Å². The molecule has 2 rings (SSSR count). The molecule has 1 saturated carbocycles. The number of amides is 1. The van der Waals surface area contributed by atoms with Crippen molar-refractivity contribution in [2.75, 3.05) is 16.3 Å². The van der Waals surface area contributed by atoms with Crippen LogP contribution in [0, 0.1) is 17.3 Å². The highest BCUT2D eigenvalue weighted by atomic mass is 32.2. The van der Waals surface area contributed by atoms with Gasteiger partial charge in [0.2, 0.25) is 15.9 Å². The van der Waals surface area contributed by atoms with E-state index in [4.69, 9.17) is 0 Å². The average molecular weight is 336 g/mol. The molecule has 0 heterocycles. The normalized spacial score (nSPS) is 22.1. The smallest absolute Gasteiger partial charge is 0.229 e. The Balaban J connectivity index is 2.03. The minimum absolute atomic E-state index is 0.00122. The maximum atomic E-state index is 12.4. The minimum atomic E-state index is -3.29. The molecular formula is C17H24N2O3S. The van der Waals surface area contributed by atoms with Crippen LogP contribution in [0.25, 0.3) is 0 Å². The SMILES string of the molecule is CC(C)=C[C@H]1[C@@H](C(=O)Nc2ccc(NS(C)(=O)=O)cc2)C1(C)C. The van der Waals surface area contributed by atoms with Crippen LogP contribution in [0.3, 0.4) is 0 Å². The van der Waals surface area contributed by atoms with Crippen molar-refractivity contribution in [1.29, 1.82) is 0 Å². The lowest BCUT2D eigenvalue weighted by atomic mass is 10.1. The molecule has 0 aromatic heterocycles. The Kier molecular flexibility index (Phi) is 4.57. The monoisotopic (exact) mass is 336 g/mol. The van der Waals surface area contributed by atoms with Crippen molar-refractivity contribution < 1.29 is 13.2 Å². The van der Waals surface area contributed by atoms with Crippen LogP contribution in [0.1, 0.15) is 27.7 Å². The van der Waals surface area contributed by atoms with Crippen LogP contribution >= 0.6 is 0 Å². The minimum Gasteiger partial charge on any atom is -0.326 e. The molecule has 2 N–H and O–H groups in total. The first-order valence-electron chi connectivity index (χ1n) is 7.54. The zero-order valence-corrected chi connectivity index (χ0v) is 15.0. The van der Waals surface area contributed by atoms with Gasteiger partial charge in [0, 0.05) is 11.4 Å². The topological polar surface area (TPSA) is 75.3 Å². The van der Waals surface area contributed by atoms with E-state index in [1.54, 1.807) is 24.3 Å². The van der Waals surface area contributed by atoms with Crippen LogP contribution in [-0.4, -0.2) is 20.6 Å². The standard InChI is InChI=1S/C17H24N2O3S/c1-11(2)10-14-15(17(14,3)4)16(20)18-12-6-8-13(9-7-12)19-23(5,21)22/h6-10,14-15,19H,1-5H3,(H,18,20)/t14-,15-/m0/s1. The van der Waals surface area contributed by atoms with Crippen molar-refractivity contribution in [3.05, 3.63) is 35.9 Å². The second kappa shape index (κ2) is 6.00. The van der Waals surface area contributed by atoms with Gasteiger partial charge in [0.15, 0.2) is 0 Å². The molecule has 2 atom stereocenters. The summed E-state index contributed by atoms with van der Waals surface area (Å²) in [5.74, 6) is 0.228. The summed E-state index contributed by atoms with van der Waals surface area (Å²) in [6.07, 6.45) is 3.25. The third kappa shape index (κ3) is 4.34. The van der Waals surface area contributed by atoms with Gasteiger partial charge in [-0.05, 0) is 49.4 Å². The van der Waals surface area contributed by atoms with Gasteiger partial charge >= 0.3 is 0 Å². The predicted octanol–water partition coefficient (Wildman–Crippen LogP) is 3.24. The second-order valence-electron chi connectivity index (χ2n) is 7.01. The number of allylic oxidation sites excluding steroid dienone is 2. The zero-order chi connectivity index (χ0) is 17.4. The maximum absolute atomic E-state index is 12.4. The summed E-state index contributed by atoms with van der Waals surface area (Å²) in [5, 5.41) is 2.91. The molecule has 6 heteroatoms. The van der Waals surface area contributed by atoms with Gasteiger partial charge in [0.1, 0.15) is 0 Å². The molecule has 1 aliphatic rings. The molecule has 1 amide bonds. The van der Waals surface area contributed by atoms with Crippen LogP contribution in [0.5, 0.6) is 0 Å². The molecule has 0 saturated heterocycles. The Morgan fingerprint density at radius 1 is 1.13 bits per heavy atom. The van der Waals surface area contributed by atoms with E-state index in [1.165, 1.54) is 5.57 Å². The largest absolute Gasteiger partial charge is 0.326 e. The number of nitrogens with one attached hydrogen (secondary N) is 2. The summed E-state index contributed by atoms with van der Waals surface area (Å²) in [5.41, 5.74) is 2.32. The summed E-state index contributed by atoms with van der Waals surface area (Å²) in [4.78, 5) is 12.4. The number of anilines is 2. The summed E-state index contributed by atoms with van der Waals surface area (Å²) >= 11 is 0. The van der Waals surface area contributed by atoms with Crippen molar-refractivity contribution >= 4 is 27.3 Å². The van der Waals surface area contributed by atoms with Crippen LogP contribution in [0.2, 0.25) is 0 Å². The summed E-state index contributed by atoms with van der Waals surface area (Å²) in [7, 11) is -3.29. The molecule has 0 aliphatic heterocycles. The lowest BCUT2D eigenvalue weighted by Crippen LogP contribution is -2.17. The molecule has 1 aromatic carbocycles. The van der Waals surface area contributed by atoms with Gasteiger partial charge in [0.05, 0.1) is 12.2 Å². The fourth-order valence-corrected chi connectivity index (χ4v) is 3.47. The molecule has 1 aliphatic carbocycles. The molecule has 0 spiro atoms. The number of hydrogen-bond donors (Lipinski definition) is 2. The van der Waals surface area contributed by atoms with Gasteiger partial charge < -0.3 is 5.32 Å². The van der Waals surface area contributed by atoms with Crippen LogP contribution in [0.15, 0.2) is 35.9 Å². The highest BCUT2D eigenvalue weighted by molar-refractivity contribution is 7.92. The first kappa shape index (κ1) is 17.5. The quantitative estimate of drug-likeness (QED) is 0.811. The molecule has 23 heavy (non-hydrogen) atoms. The number of carbonyl (C=O) groups excluding carboxylic acids is 1. The van der Waals surface area contributed by atoms with Crippen molar-refractivity contribution in [2.45, 2.75) is 27.7 Å². The molecular weight excluding hydrogens is 312 g/mol. The zero-order valence-electron chi connectivity index (χ0n) is 14.2. The number of sulfonamides is 1. The van der Waals surface area contributed by atoms with Crippen molar-refractivity contribution in [3.63, 3.8) is 0 Å². The van der Waals surface area contributed by atoms with Gasteiger partial charge in [-0.25, -0.2) is 8.42 Å². The number of rotatable bonds is 5. The lowest BCUT2D eigenvalue weighted by molar-refractivity contribution is -0.118. The predicted molar refractivity (Wildman–Crippen MR) is 93.7 cm³/mol. The van der Waals surface area contributed by atoms with Gasteiger partial charge in [0.25, 0.3) is 0 Å². The Labute approximate surface area is 138 Å². The van der Waals surface area contributed by atoms with Gasteiger partial charge in [-0.1, -0.05) is 25.5 Å². The van der Waals surface area contributed by atoms with Crippen molar-refractivity contribution in [2.24, 2.45) is 17.3 Å². The first-order valence-corrected chi connectivity index (χ1v) is 9.43. The van der Waals surface area contributed by atoms with E-state index >= 15 is 0 Å². The van der Waals surface area contributed by atoms with Crippen molar-refractivity contribution in [1.82, 2.24) is 0 Å². The number of carbonyl (C=O) groups is 1. The van der Waals surface area contributed by atoms with E-state index in [-0.39, 0.29) is 23.2 Å². The fourth-order valence-electron chi connectivity index (χ4n) is 2.90. The Morgan fingerprint density at radius 3 is 2.13 bits per heavy atom. The van der Waals surface area contributed by atoms with Crippen LogP contribution in [0.4, 0.5) is 11.4 Å². The fraction of sp³-hybridized carbons (Fsp3) is 0.471. The molecule has 5 nitrogen and oxygen atoms in total. The Hall–Kier alpha value is -1.82. The summed E-state index contributed by atoms with van der Waals surface area (Å²) in [6, 6.07) is 6.64. The average Bonchev–Trinajstić information content (AvgIpc) is 2.90. The van der Waals surface area contributed by atoms with Gasteiger partial charge in [-0.15, -0.1) is 0 Å². The van der Waals surface area contributed by atoms with E-state index in [1.807, 2.05) is 13.8 Å². The summed E-state index contributed by atoms with van der Waals surface area (Å²) < 4.78 is 24.7. The second-order valence-corrected chi connectivity index (χ2v) is 8.76. The van der Waals surface area contributed by atoms with Crippen molar-refractivity contribution in [3.8, 4) is 0 Å². The lowest BCUT2D eigenvalue weighted by Gasteiger charge is -2.08. The van der Waals surface area contributed by atoms with E-state index in [2.05, 4.69) is 30.0 Å². The highest BCUT2D eigenvalue weighted by Crippen LogP contribution is 2.59. The third-order valence-corrected chi connectivity index (χ3v) is 4.77. The molecule has 1 aromatic rings. The Bertz CT molecular complexity index is 730. The summed E-state index contributed by atoms with van der Waals surface area (Å²) in [6.45, 7) is 8.27. The highest BCUT2D eigenvalue weighted by Gasteiger charge is 2.60. The molecule has 0 unspecified atom stereocenters. The van der Waals surface area contributed by atoms with Gasteiger partial charge in [-0.2, -0.15) is 0 Å². The molecule has 0 bridgehead atoms. The Morgan fingerprint density at radius 2 is 1.65 bits per heavy atom.